The van der Waals surface area contributed by atoms with Gasteiger partial charge in [-0.2, -0.15) is 0 Å². The lowest BCUT2D eigenvalue weighted by Gasteiger charge is -2.40. The molecule has 4 aromatic rings. The maximum Gasteiger partial charge on any atom is 0.488 e. The van der Waals surface area contributed by atoms with E-state index >= 15 is 0 Å². The first-order valence-corrected chi connectivity index (χ1v) is 9.98. The van der Waals surface area contributed by atoms with Crippen LogP contribution in [0.15, 0.2) is 91.0 Å². The van der Waals surface area contributed by atoms with Crippen molar-refractivity contribution in [1.82, 2.24) is 0 Å². The molecular formula is C26H19BO2. The molecule has 29 heavy (non-hydrogen) atoms. The van der Waals surface area contributed by atoms with E-state index < -0.39 is 12.5 Å². The first-order valence-electron chi connectivity index (χ1n) is 9.98. The van der Waals surface area contributed by atoms with E-state index in [1.807, 2.05) is 12.1 Å². The van der Waals surface area contributed by atoms with Crippen LogP contribution in [-0.2, 0) is 11.8 Å². The molecule has 0 bridgehead atoms. The highest BCUT2D eigenvalue weighted by atomic mass is 16.4. The van der Waals surface area contributed by atoms with Gasteiger partial charge < -0.3 is 10.0 Å². The molecule has 0 saturated carbocycles. The van der Waals surface area contributed by atoms with Crippen LogP contribution in [-0.4, -0.2) is 17.2 Å². The summed E-state index contributed by atoms with van der Waals surface area (Å²) >= 11 is 0. The van der Waals surface area contributed by atoms with E-state index in [1.165, 1.54) is 38.9 Å². The highest BCUT2D eigenvalue weighted by Crippen LogP contribution is 2.58. The van der Waals surface area contributed by atoms with E-state index in [9.17, 15) is 10.0 Å². The van der Waals surface area contributed by atoms with Gasteiger partial charge in [-0.25, -0.2) is 0 Å². The van der Waals surface area contributed by atoms with E-state index in [0.29, 0.717) is 5.46 Å². The lowest BCUT2D eigenvalue weighted by molar-refractivity contribution is 0.425. The maximum absolute atomic E-state index is 9.90. The number of hydrogen-bond acceptors (Lipinski definition) is 2. The fourth-order valence-corrected chi connectivity index (χ4v) is 5.46. The van der Waals surface area contributed by atoms with Crippen molar-refractivity contribution < 1.29 is 10.0 Å². The number of benzene rings is 4. The van der Waals surface area contributed by atoms with Gasteiger partial charge in [-0.1, -0.05) is 91.0 Å². The van der Waals surface area contributed by atoms with Crippen molar-refractivity contribution in [2.75, 3.05) is 0 Å². The SMILES string of the molecule is OB(O)c1ccc2c(c1)C1(c3ccccc3C2)c2ccccc2-c2ccccc21. The van der Waals surface area contributed by atoms with Crippen LogP contribution in [0.3, 0.4) is 0 Å². The van der Waals surface area contributed by atoms with Gasteiger partial charge in [0.05, 0.1) is 5.41 Å². The van der Waals surface area contributed by atoms with Crippen LogP contribution in [0.4, 0.5) is 0 Å². The van der Waals surface area contributed by atoms with Gasteiger partial charge in [0.15, 0.2) is 0 Å². The number of fused-ring (bicyclic) bond motifs is 9. The molecule has 6 rings (SSSR count). The fraction of sp³-hybridized carbons (Fsp3) is 0.0769. The summed E-state index contributed by atoms with van der Waals surface area (Å²) in [6, 6.07) is 31.8. The lowest BCUT2D eigenvalue weighted by atomic mass is 9.60. The zero-order chi connectivity index (χ0) is 19.6. The molecule has 0 radical (unpaired) electrons. The highest BCUT2D eigenvalue weighted by Gasteiger charge is 2.49. The molecule has 0 heterocycles. The fourth-order valence-electron chi connectivity index (χ4n) is 5.46. The minimum absolute atomic E-state index is 0.442. The molecule has 4 aromatic carbocycles. The Hall–Kier alpha value is -3.14. The molecule has 1 spiro atoms. The summed E-state index contributed by atoms with van der Waals surface area (Å²) in [4.78, 5) is 0. The van der Waals surface area contributed by atoms with E-state index in [2.05, 4.69) is 78.9 Å². The Morgan fingerprint density at radius 3 is 1.79 bits per heavy atom. The van der Waals surface area contributed by atoms with Crippen molar-refractivity contribution in [1.29, 1.82) is 0 Å². The smallest absolute Gasteiger partial charge is 0.423 e. The Balaban J connectivity index is 1.82. The topological polar surface area (TPSA) is 40.5 Å². The second-order valence-electron chi connectivity index (χ2n) is 7.97. The van der Waals surface area contributed by atoms with Crippen LogP contribution in [0.1, 0.15) is 33.4 Å². The zero-order valence-electron chi connectivity index (χ0n) is 15.8. The minimum Gasteiger partial charge on any atom is -0.423 e. The molecule has 2 aliphatic rings. The van der Waals surface area contributed by atoms with E-state index in [0.717, 1.165) is 12.0 Å². The molecule has 0 atom stereocenters. The second-order valence-corrected chi connectivity index (χ2v) is 7.97. The Morgan fingerprint density at radius 2 is 1.14 bits per heavy atom. The van der Waals surface area contributed by atoms with Gasteiger partial charge in [-0.15, -0.1) is 0 Å². The monoisotopic (exact) mass is 374 g/mol. The van der Waals surface area contributed by atoms with Crippen molar-refractivity contribution in [3.05, 3.63) is 124 Å². The maximum atomic E-state index is 9.90. The van der Waals surface area contributed by atoms with E-state index in [1.54, 1.807) is 0 Å². The molecule has 2 N–H and O–H groups in total. The molecule has 2 nitrogen and oxygen atoms in total. The van der Waals surface area contributed by atoms with Gasteiger partial charge in [0.1, 0.15) is 0 Å². The molecule has 2 aliphatic carbocycles. The highest BCUT2D eigenvalue weighted by molar-refractivity contribution is 6.58. The van der Waals surface area contributed by atoms with Crippen LogP contribution in [0.2, 0.25) is 0 Å². The Morgan fingerprint density at radius 1 is 0.586 bits per heavy atom. The van der Waals surface area contributed by atoms with E-state index in [-0.39, 0.29) is 0 Å². The number of hydrogen-bond donors (Lipinski definition) is 2. The summed E-state index contributed by atoms with van der Waals surface area (Å²) in [6.07, 6.45) is 0.847. The first kappa shape index (κ1) is 16.8. The summed E-state index contributed by atoms with van der Waals surface area (Å²) < 4.78 is 0. The van der Waals surface area contributed by atoms with Gasteiger partial charge in [-0.05, 0) is 56.4 Å². The van der Waals surface area contributed by atoms with Crippen molar-refractivity contribution in [3.8, 4) is 11.1 Å². The van der Waals surface area contributed by atoms with Crippen LogP contribution < -0.4 is 5.46 Å². The quantitative estimate of drug-likeness (QED) is 0.432. The van der Waals surface area contributed by atoms with Crippen molar-refractivity contribution >= 4 is 12.6 Å². The molecule has 0 saturated heterocycles. The molecule has 0 amide bonds. The molecule has 0 aliphatic heterocycles. The van der Waals surface area contributed by atoms with Crippen molar-refractivity contribution in [2.24, 2.45) is 0 Å². The lowest BCUT2D eigenvalue weighted by Crippen LogP contribution is -2.38. The van der Waals surface area contributed by atoms with Crippen molar-refractivity contribution in [2.45, 2.75) is 11.8 Å². The molecule has 0 fully saturated rings. The Kier molecular flexibility index (Phi) is 3.43. The molecule has 138 valence electrons. The average Bonchev–Trinajstić information content (AvgIpc) is 3.05. The third kappa shape index (κ3) is 2.09. The third-order valence-corrected chi connectivity index (χ3v) is 6.59. The molecule has 3 heteroatoms. The standard InChI is InChI=1S/C26H19BO2/c28-27(29)19-14-13-18-15-17-7-1-4-10-22(17)26(25(18)16-19)23-11-5-2-8-20(23)21-9-3-6-12-24(21)26/h1-14,16,28-29H,15H2. The summed E-state index contributed by atoms with van der Waals surface area (Å²) in [5.74, 6) is 0. The summed E-state index contributed by atoms with van der Waals surface area (Å²) in [6.45, 7) is 0. The average molecular weight is 374 g/mol. The van der Waals surface area contributed by atoms with Crippen LogP contribution in [0.5, 0.6) is 0 Å². The van der Waals surface area contributed by atoms with Crippen LogP contribution in [0.25, 0.3) is 11.1 Å². The first-order chi connectivity index (χ1) is 14.2. The van der Waals surface area contributed by atoms with Gasteiger partial charge in [-0.3, -0.25) is 0 Å². The second kappa shape index (κ2) is 5.93. The van der Waals surface area contributed by atoms with Crippen LogP contribution >= 0.6 is 0 Å². The Bertz CT molecular complexity index is 1230. The summed E-state index contributed by atoms with van der Waals surface area (Å²) in [5.41, 5.74) is 10.1. The summed E-state index contributed by atoms with van der Waals surface area (Å²) in [7, 11) is -1.48. The summed E-state index contributed by atoms with van der Waals surface area (Å²) in [5, 5.41) is 19.8. The molecule has 0 aromatic heterocycles. The van der Waals surface area contributed by atoms with Gasteiger partial charge in [0, 0.05) is 0 Å². The Labute approximate surface area is 170 Å². The zero-order valence-corrected chi connectivity index (χ0v) is 15.8. The third-order valence-electron chi connectivity index (χ3n) is 6.59. The predicted molar refractivity (Wildman–Crippen MR) is 116 cm³/mol. The number of rotatable bonds is 1. The van der Waals surface area contributed by atoms with Crippen molar-refractivity contribution in [3.63, 3.8) is 0 Å². The normalized spacial score (nSPS) is 14.7. The van der Waals surface area contributed by atoms with Gasteiger partial charge >= 0.3 is 7.12 Å². The predicted octanol–water partition coefficient (Wildman–Crippen LogP) is 3.63. The van der Waals surface area contributed by atoms with E-state index in [4.69, 9.17) is 0 Å². The van der Waals surface area contributed by atoms with Crippen LogP contribution in [0, 0.1) is 0 Å². The van der Waals surface area contributed by atoms with Gasteiger partial charge in [0.2, 0.25) is 0 Å². The largest absolute Gasteiger partial charge is 0.488 e. The van der Waals surface area contributed by atoms with Gasteiger partial charge in [0.25, 0.3) is 0 Å². The molecule has 0 unspecified atom stereocenters. The minimum atomic E-state index is -1.48. The molecular weight excluding hydrogens is 355 g/mol.